The number of benzene rings is 3. The number of guanidine groups is 1. The Balaban J connectivity index is 1.52. The van der Waals surface area contributed by atoms with E-state index in [1.54, 1.807) is 20.1 Å². The Hall–Kier alpha value is -4.05. The van der Waals surface area contributed by atoms with Crippen LogP contribution in [0.1, 0.15) is 18.9 Å². The highest BCUT2D eigenvalue weighted by molar-refractivity contribution is 7.91. The van der Waals surface area contributed by atoms with E-state index in [2.05, 4.69) is 10.6 Å². The molecule has 15 heteroatoms. The number of para-hydroxylation sites is 2. The van der Waals surface area contributed by atoms with Gasteiger partial charge >= 0.3 is 10.1 Å². The maximum Gasteiger partial charge on any atom is 0.340 e. The molecule has 0 radical (unpaired) electrons. The van der Waals surface area contributed by atoms with Crippen molar-refractivity contribution in [2.24, 2.45) is 10.9 Å². The second-order valence-electron chi connectivity index (χ2n) is 9.55. The predicted octanol–water partition coefficient (Wildman–Crippen LogP) is 2.82. The van der Waals surface area contributed by atoms with Crippen molar-refractivity contribution in [2.45, 2.75) is 30.1 Å². The number of hydrogen-bond donors (Lipinski definition) is 2. The molecular formula is C28H35N5O8S2. The number of anilines is 1. The number of hydrogen-bond acceptors (Lipinski definition) is 10. The van der Waals surface area contributed by atoms with Crippen molar-refractivity contribution in [3.63, 3.8) is 0 Å². The Morgan fingerprint density at radius 3 is 2.28 bits per heavy atom. The van der Waals surface area contributed by atoms with Gasteiger partial charge in [0.05, 0.1) is 19.4 Å². The standard InChI is InChI=1S/C28H35N5O8S2/c1-4-17-39-30-28(29)31-40-22-18-21(2)19-23(20-22)41-43(36,37)27-12-8-7-11-26(27)42(34,35)33-15-13-32(14-16-33)24-9-5-6-10-25(24)38-3/h5-12,18-20H,4,13-17H2,1-3H3,(H3,29,30,31). The van der Waals surface area contributed by atoms with E-state index in [1.807, 2.05) is 36.1 Å². The Morgan fingerprint density at radius 1 is 0.930 bits per heavy atom. The average Bonchev–Trinajstić information content (AvgIpc) is 2.99. The van der Waals surface area contributed by atoms with Crippen molar-refractivity contribution in [3.8, 4) is 17.2 Å². The number of piperazine rings is 1. The molecule has 0 aliphatic carbocycles. The van der Waals surface area contributed by atoms with Crippen molar-refractivity contribution in [3.05, 3.63) is 72.3 Å². The van der Waals surface area contributed by atoms with E-state index >= 15 is 0 Å². The number of nitrogens with one attached hydrogen (secondary N) is 1. The van der Waals surface area contributed by atoms with Crippen LogP contribution in [0.2, 0.25) is 0 Å². The van der Waals surface area contributed by atoms with Gasteiger partial charge in [0.1, 0.15) is 21.3 Å². The van der Waals surface area contributed by atoms with Crippen molar-refractivity contribution in [1.82, 2.24) is 9.79 Å². The Kier molecular flexibility index (Phi) is 10.3. The number of ether oxygens (including phenoxy) is 1. The zero-order valence-electron chi connectivity index (χ0n) is 24.1. The van der Waals surface area contributed by atoms with Crippen LogP contribution in [-0.2, 0) is 25.0 Å². The Morgan fingerprint density at radius 2 is 1.58 bits per heavy atom. The maximum absolute atomic E-state index is 13.7. The molecule has 1 heterocycles. The summed E-state index contributed by atoms with van der Waals surface area (Å²) < 4.78 is 66.5. The van der Waals surface area contributed by atoms with Crippen LogP contribution in [0.25, 0.3) is 0 Å². The molecule has 0 atom stereocenters. The molecule has 3 N–H and O–H groups in total. The van der Waals surface area contributed by atoms with E-state index in [0.717, 1.165) is 12.1 Å². The first kappa shape index (κ1) is 31.9. The first-order chi connectivity index (χ1) is 20.5. The molecule has 232 valence electrons. The Labute approximate surface area is 251 Å². The summed E-state index contributed by atoms with van der Waals surface area (Å²) >= 11 is 0. The van der Waals surface area contributed by atoms with Gasteiger partial charge in [-0.3, -0.25) is 4.84 Å². The molecule has 0 aromatic heterocycles. The summed E-state index contributed by atoms with van der Waals surface area (Å²) in [5.74, 6) is 0.578. The molecule has 0 saturated carbocycles. The molecule has 4 rings (SSSR count). The van der Waals surface area contributed by atoms with Gasteiger partial charge in [-0.25, -0.2) is 13.9 Å². The lowest BCUT2D eigenvalue weighted by Crippen LogP contribution is -2.49. The summed E-state index contributed by atoms with van der Waals surface area (Å²) in [4.78, 5) is 11.5. The van der Waals surface area contributed by atoms with Crippen LogP contribution in [0, 0.1) is 6.92 Å². The molecule has 1 saturated heterocycles. The number of oxime groups is 1. The third kappa shape index (κ3) is 7.87. The SMILES string of the molecule is CCCONC(N)=NOc1cc(C)cc(OS(=O)(=O)c2ccccc2S(=O)(=O)N2CCN(c3ccccc3OC)CC2)c1. The lowest BCUT2D eigenvalue weighted by Gasteiger charge is -2.36. The molecule has 3 aromatic rings. The molecular weight excluding hydrogens is 598 g/mol. The molecule has 43 heavy (non-hydrogen) atoms. The molecule has 1 aliphatic rings. The fraction of sp³-hybridized carbons (Fsp3) is 0.321. The van der Waals surface area contributed by atoms with E-state index in [9.17, 15) is 16.8 Å². The second kappa shape index (κ2) is 13.9. The number of sulfonamides is 1. The van der Waals surface area contributed by atoms with Crippen molar-refractivity contribution in [2.75, 3.05) is 44.8 Å². The summed E-state index contributed by atoms with van der Waals surface area (Å²) in [5, 5.41) is 3.69. The topological polar surface area (TPSA) is 162 Å². The smallest absolute Gasteiger partial charge is 0.340 e. The number of rotatable bonds is 12. The zero-order valence-corrected chi connectivity index (χ0v) is 25.7. The fourth-order valence-corrected chi connectivity index (χ4v) is 7.52. The fourth-order valence-electron chi connectivity index (χ4n) is 4.40. The van der Waals surface area contributed by atoms with Gasteiger partial charge in [-0.1, -0.05) is 31.2 Å². The van der Waals surface area contributed by atoms with Crippen LogP contribution in [0.15, 0.2) is 81.7 Å². The molecule has 0 bridgehead atoms. The van der Waals surface area contributed by atoms with E-state index in [1.165, 1.54) is 40.7 Å². The van der Waals surface area contributed by atoms with Gasteiger partial charge in [0.2, 0.25) is 10.0 Å². The van der Waals surface area contributed by atoms with Crippen molar-refractivity contribution < 1.29 is 35.4 Å². The number of methoxy groups -OCH3 is 1. The molecule has 13 nitrogen and oxygen atoms in total. The highest BCUT2D eigenvalue weighted by Gasteiger charge is 2.34. The summed E-state index contributed by atoms with van der Waals surface area (Å²) in [7, 11) is -7.20. The first-order valence-corrected chi connectivity index (χ1v) is 16.3. The number of nitrogens with two attached hydrogens (primary N) is 1. The molecule has 0 unspecified atom stereocenters. The van der Waals surface area contributed by atoms with Crippen LogP contribution in [0.3, 0.4) is 0 Å². The third-order valence-corrected chi connectivity index (χ3v) is 9.76. The van der Waals surface area contributed by atoms with Crippen LogP contribution in [-0.4, -0.2) is 67.0 Å². The molecule has 0 spiro atoms. The predicted molar refractivity (Wildman–Crippen MR) is 161 cm³/mol. The van der Waals surface area contributed by atoms with Crippen LogP contribution in [0.4, 0.5) is 5.69 Å². The Bertz CT molecular complexity index is 1660. The van der Waals surface area contributed by atoms with E-state index in [4.69, 9.17) is 24.3 Å². The van der Waals surface area contributed by atoms with Gasteiger partial charge in [-0.05, 0) is 60.5 Å². The minimum Gasteiger partial charge on any atom is -0.495 e. The maximum atomic E-state index is 13.7. The summed E-state index contributed by atoms with van der Waals surface area (Å²) in [6.07, 6.45) is 0.763. The normalized spacial score (nSPS) is 14.8. The average molecular weight is 634 g/mol. The van der Waals surface area contributed by atoms with Crippen LogP contribution < -0.4 is 29.9 Å². The molecule has 0 amide bonds. The molecule has 1 fully saturated rings. The van der Waals surface area contributed by atoms with Gasteiger partial charge in [-0.15, -0.1) is 0 Å². The van der Waals surface area contributed by atoms with Crippen molar-refractivity contribution in [1.29, 1.82) is 0 Å². The minimum absolute atomic E-state index is 0.100. The largest absolute Gasteiger partial charge is 0.495 e. The van der Waals surface area contributed by atoms with Gasteiger partial charge in [0.15, 0.2) is 5.75 Å². The highest BCUT2D eigenvalue weighted by Crippen LogP contribution is 2.32. The first-order valence-electron chi connectivity index (χ1n) is 13.5. The highest BCUT2D eigenvalue weighted by atomic mass is 32.2. The van der Waals surface area contributed by atoms with E-state index in [-0.39, 0.29) is 35.4 Å². The number of nitrogens with zero attached hydrogens (tertiary/aromatic N) is 3. The van der Waals surface area contributed by atoms with E-state index in [0.29, 0.717) is 31.0 Å². The summed E-state index contributed by atoms with van der Waals surface area (Å²) in [6, 6.07) is 17.2. The van der Waals surface area contributed by atoms with Crippen molar-refractivity contribution >= 4 is 31.8 Å². The monoisotopic (exact) mass is 633 g/mol. The van der Waals surface area contributed by atoms with Gasteiger partial charge in [0, 0.05) is 32.2 Å². The zero-order chi connectivity index (χ0) is 31.0. The number of hydroxylamine groups is 1. The van der Waals surface area contributed by atoms with Gasteiger partial charge < -0.3 is 24.4 Å². The van der Waals surface area contributed by atoms with Gasteiger partial charge in [-0.2, -0.15) is 12.7 Å². The van der Waals surface area contributed by atoms with Gasteiger partial charge in [0.25, 0.3) is 5.96 Å². The lowest BCUT2D eigenvalue weighted by molar-refractivity contribution is 0.0824. The third-order valence-electron chi connectivity index (χ3n) is 6.36. The summed E-state index contributed by atoms with van der Waals surface area (Å²) in [6.45, 7) is 5.12. The molecule has 3 aromatic carbocycles. The quantitative estimate of drug-likeness (QED) is 0.0992. The lowest BCUT2D eigenvalue weighted by atomic mass is 10.2. The second-order valence-corrected chi connectivity index (χ2v) is 13.0. The van der Waals surface area contributed by atoms with Crippen LogP contribution >= 0.6 is 0 Å². The number of aryl methyl sites for hydroxylation is 1. The minimum atomic E-state index is -4.59. The molecule has 1 aliphatic heterocycles. The summed E-state index contributed by atoms with van der Waals surface area (Å²) in [5.41, 5.74) is 9.54. The van der Waals surface area contributed by atoms with E-state index < -0.39 is 25.0 Å². The van der Waals surface area contributed by atoms with Crippen LogP contribution in [0.5, 0.6) is 17.2 Å².